The second-order valence-corrected chi connectivity index (χ2v) is 86.0. The predicted octanol–water partition coefficient (Wildman–Crippen LogP) is 29.8. The third kappa shape index (κ3) is 15.3. The van der Waals surface area contributed by atoms with Crippen molar-refractivity contribution in [3.63, 3.8) is 0 Å². The van der Waals surface area contributed by atoms with Crippen molar-refractivity contribution in [3.05, 3.63) is 338 Å². The van der Waals surface area contributed by atoms with Gasteiger partial charge in [-0.05, 0) is 187 Å². The molecule has 0 unspecified atom stereocenters. The molecule has 0 amide bonds. The maximum absolute atomic E-state index is 2.73. The van der Waals surface area contributed by atoms with Crippen LogP contribution in [0.15, 0.2) is 315 Å². The third-order valence-electron chi connectivity index (χ3n) is 28.6. The highest BCUT2D eigenvalue weighted by Gasteiger charge is 2.60. The first-order valence-corrected chi connectivity index (χ1v) is 74.6. The van der Waals surface area contributed by atoms with Gasteiger partial charge in [-0.1, -0.05) is 407 Å². The molecule has 0 saturated heterocycles. The molecule has 0 N–H and O–H groups in total. The largest absolute Gasteiger partial charge is 0.310 e. The predicted molar refractivity (Wildman–Crippen MR) is 589 cm³/mol. The van der Waals surface area contributed by atoms with Gasteiger partial charge < -0.3 is 19.6 Å². The SMILES string of the molecule is CC1(C2(C)c3cc(N(c4ccc([Si](C)(C)C)cc4)c4ccc([Si](C)(C)C)cc4)c4ccccc4c3-c3c2cc(N(c2ccc([Si](C)(C)C)cc2)c2ccc([Si](C)(C)C)cc2)c2ccccc32)c2cc(N(c3ccc([Si](C)(C)C)cc3)c3ccc([Si](C)(C)C)cc3)c3ccccc3c2-c2c1cc(N(c1ccc([Si](C)(C)C)cc1)c1ccc([Si](C)(C)C)cc1)c1ccccc21. The molecule has 0 saturated carbocycles. The van der Waals surface area contributed by atoms with Gasteiger partial charge in [0.15, 0.2) is 0 Å². The number of fused-ring (bicyclic) bond motifs is 14. The molecule has 0 spiro atoms. The lowest BCUT2D eigenvalue weighted by Gasteiger charge is -2.46. The number of hydrogen-bond donors (Lipinski definition) is 0. The Labute approximate surface area is 772 Å². The average Bonchev–Trinajstić information content (AvgIpc) is 1.48. The molecule has 16 aromatic rings. The highest BCUT2D eigenvalue weighted by atomic mass is 28.3. The summed E-state index contributed by atoms with van der Waals surface area (Å²) < 4.78 is 0. The van der Waals surface area contributed by atoms with E-state index in [1.807, 2.05) is 0 Å². The second-order valence-electron chi connectivity index (χ2n) is 45.4. The van der Waals surface area contributed by atoms with Crippen LogP contribution in [0.2, 0.25) is 157 Å². The van der Waals surface area contributed by atoms with Gasteiger partial charge in [0.1, 0.15) is 0 Å². The van der Waals surface area contributed by atoms with Crippen LogP contribution in [-0.4, -0.2) is 64.6 Å². The summed E-state index contributed by atoms with van der Waals surface area (Å²) in [6, 6.07) is 127. The first-order chi connectivity index (χ1) is 60.3. The zero-order valence-corrected chi connectivity index (χ0v) is 88.8. The van der Waals surface area contributed by atoms with E-state index in [4.69, 9.17) is 0 Å². The van der Waals surface area contributed by atoms with E-state index in [2.05, 4.69) is 506 Å². The molecule has 18 rings (SSSR count). The van der Waals surface area contributed by atoms with E-state index >= 15 is 0 Å². The summed E-state index contributed by atoms with van der Waals surface area (Å²) in [5.41, 5.74) is 22.1. The molecular weight excluding hydrogens is 1670 g/mol. The highest BCUT2D eigenvalue weighted by Crippen LogP contribution is 2.71. The van der Waals surface area contributed by atoms with Gasteiger partial charge >= 0.3 is 0 Å². The monoisotopic (exact) mass is 1800 g/mol. The number of nitrogens with zero attached hydrogens (tertiary/aromatic N) is 4. The Morgan fingerprint density at radius 2 is 0.273 bits per heavy atom. The molecule has 0 radical (unpaired) electrons. The molecule has 2 aliphatic carbocycles. The molecule has 2 aliphatic rings. The smallest absolute Gasteiger partial charge is 0.0775 e. The molecule has 0 bridgehead atoms. The number of hydrogen-bond acceptors (Lipinski definition) is 4. The molecular formula is C116H130N4Si8. The minimum atomic E-state index is -1.76. The standard InChI is InChI=1S/C116H130N4Si8/c1-115(103-75-107(117(79-43-59-87(60-44-79)121(3,4)5)80-45-61-88(62-46-80)122(6,7)8)95-35-27-31-39-99(95)111(103)112-100-40-32-28-36-96(100)108(76-104(112)115)118(81-47-63-89(64-48-81)123(9,10)11)82-49-65-90(66-50-82)124(12,13)14)116(2)105-77-109(119(83-51-67-91(68-52-83)125(15,16)17)84-53-69-92(70-54-84)126(18,19)20)97-37-29-33-41-101(97)113(105)114-102-42-34-30-38-98(102)110(78-106(114)116)120(85-55-71-93(72-56-85)127(21,22)23)86-57-73-94(74-58-86)128(24,25)26/h27-78H,1-26H3. The molecule has 0 aromatic heterocycles. The molecule has 128 heavy (non-hydrogen) atoms. The van der Waals surface area contributed by atoms with Crippen molar-refractivity contribution in [2.24, 2.45) is 0 Å². The topological polar surface area (TPSA) is 13.0 Å². The Morgan fingerprint density at radius 1 is 0.156 bits per heavy atom. The van der Waals surface area contributed by atoms with Crippen LogP contribution in [0.25, 0.3) is 65.3 Å². The fourth-order valence-corrected chi connectivity index (χ4v) is 30.1. The zero-order chi connectivity index (χ0) is 90.9. The van der Waals surface area contributed by atoms with E-state index in [1.54, 1.807) is 0 Å². The van der Waals surface area contributed by atoms with Crippen LogP contribution < -0.4 is 61.1 Å². The maximum atomic E-state index is 2.73. The summed E-state index contributed by atoms with van der Waals surface area (Å²) >= 11 is 0. The number of benzene rings is 16. The van der Waals surface area contributed by atoms with Crippen molar-refractivity contribution < 1.29 is 0 Å². The summed E-state index contributed by atoms with van der Waals surface area (Å²) in [6.07, 6.45) is 0. The molecule has 0 heterocycles. The van der Waals surface area contributed by atoms with Crippen molar-refractivity contribution in [1.29, 1.82) is 0 Å². The lowest BCUT2D eigenvalue weighted by molar-refractivity contribution is 0.377. The van der Waals surface area contributed by atoms with Gasteiger partial charge in [-0.25, -0.2) is 0 Å². The van der Waals surface area contributed by atoms with Crippen LogP contribution in [0.3, 0.4) is 0 Å². The first kappa shape index (κ1) is 88.1. The van der Waals surface area contributed by atoms with E-state index in [1.165, 1.54) is 129 Å². The molecule has 12 heteroatoms. The first-order valence-electron chi connectivity index (χ1n) is 46.6. The Kier molecular flexibility index (Phi) is 21.8. The van der Waals surface area contributed by atoms with Gasteiger partial charge in [0, 0.05) is 77.9 Å². The minimum Gasteiger partial charge on any atom is -0.310 e. The fraction of sp³-hybridized carbons (Fsp3) is 0.241. The molecule has 16 aromatic carbocycles. The van der Waals surface area contributed by atoms with Gasteiger partial charge in [-0.2, -0.15) is 0 Å². The van der Waals surface area contributed by atoms with Crippen molar-refractivity contribution in [2.45, 2.75) is 182 Å². The van der Waals surface area contributed by atoms with Crippen molar-refractivity contribution in [2.75, 3.05) is 19.6 Å². The van der Waals surface area contributed by atoms with Crippen molar-refractivity contribution in [1.82, 2.24) is 0 Å². The molecule has 0 aliphatic heterocycles. The fourth-order valence-electron chi connectivity index (χ4n) is 20.8. The van der Waals surface area contributed by atoms with E-state index in [9.17, 15) is 0 Å². The average molecular weight is 1810 g/mol. The van der Waals surface area contributed by atoms with Gasteiger partial charge in [0.25, 0.3) is 0 Å². The zero-order valence-electron chi connectivity index (χ0n) is 80.8. The summed E-state index contributed by atoms with van der Waals surface area (Å²) in [5, 5.41) is 21.3. The summed E-state index contributed by atoms with van der Waals surface area (Å²) in [7, 11) is -14.1. The minimum absolute atomic E-state index is 0.954. The Bertz CT molecular complexity index is 5920. The summed E-state index contributed by atoms with van der Waals surface area (Å²) in [4.78, 5) is 10.6. The van der Waals surface area contributed by atoms with Gasteiger partial charge in [0.2, 0.25) is 0 Å². The van der Waals surface area contributed by atoms with Gasteiger partial charge in [-0.3, -0.25) is 0 Å². The van der Waals surface area contributed by atoms with E-state index in [0.717, 1.165) is 68.2 Å². The lowest BCUT2D eigenvalue weighted by atomic mass is 9.56. The maximum Gasteiger partial charge on any atom is 0.0775 e. The van der Waals surface area contributed by atoms with Crippen molar-refractivity contribution in [3.8, 4) is 22.3 Å². The number of rotatable bonds is 21. The lowest BCUT2D eigenvalue weighted by Crippen LogP contribution is -2.44. The molecule has 0 atom stereocenters. The third-order valence-corrected chi connectivity index (χ3v) is 45.2. The molecule has 646 valence electrons. The molecule has 4 nitrogen and oxygen atoms in total. The Balaban J connectivity index is 1.05. The van der Waals surface area contributed by atoms with E-state index in [-0.39, 0.29) is 0 Å². The quantitative estimate of drug-likeness (QED) is 0.0665. The van der Waals surface area contributed by atoms with E-state index < -0.39 is 75.4 Å². The van der Waals surface area contributed by atoms with E-state index in [0.29, 0.717) is 0 Å². The van der Waals surface area contributed by atoms with Crippen LogP contribution in [0, 0.1) is 0 Å². The van der Waals surface area contributed by atoms with Crippen LogP contribution >= 0.6 is 0 Å². The van der Waals surface area contributed by atoms with Crippen LogP contribution in [0.5, 0.6) is 0 Å². The van der Waals surface area contributed by atoms with Crippen LogP contribution in [-0.2, 0) is 10.8 Å². The summed E-state index contributed by atoms with van der Waals surface area (Å²) in [6.45, 7) is 64.9. The van der Waals surface area contributed by atoms with Gasteiger partial charge in [-0.15, -0.1) is 0 Å². The Morgan fingerprint density at radius 3 is 0.391 bits per heavy atom. The summed E-state index contributed by atoms with van der Waals surface area (Å²) in [5.74, 6) is 0. The van der Waals surface area contributed by atoms with Crippen LogP contribution in [0.1, 0.15) is 36.1 Å². The normalized spacial score (nSPS) is 14.0. The van der Waals surface area contributed by atoms with Crippen molar-refractivity contribution >= 4 is 217 Å². The Hall–Kier alpha value is -10.5. The van der Waals surface area contributed by atoms with Crippen LogP contribution in [0.4, 0.5) is 68.2 Å². The second kappa shape index (κ2) is 31.7. The molecule has 0 fully saturated rings. The van der Waals surface area contributed by atoms with Gasteiger partial charge in [0.05, 0.1) is 87.3 Å². The highest BCUT2D eigenvalue weighted by molar-refractivity contribution is 6.92. The number of anilines is 12.